The van der Waals surface area contributed by atoms with Crippen LogP contribution in [0.15, 0.2) is 0 Å². The molecule has 2 fully saturated rings. The molecule has 0 N–H and O–H groups in total. The lowest BCUT2D eigenvalue weighted by atomic mass is 9.94. The van der Waals surface area contributed by atoms with Crippen molar-refractivity contribution in [3.05, 3.63) is 0 Å². The summed E-state index contributed by atoms with van der Waals surface area (Å²) in [6.07, 6.45) is 10.5. The first-order valence-electron chi connectivity index (χ1n) is 7.14. The first-order valence-corrected chi connectivity index (χ1v) is 7.14. The van der Waals surface area contributed by atoms with Gasteiger partial charge in [0, 0.05) is 26.1 Å². The third-order valence-electron chi connectivity index (χ3n) is 4.22. The molecule has 0 aromatic carbocycles. The van der Waals surface area contributed by atoms with Crippen molar-refractivity contribution in [1.82, 2.24) is 4.90 Å². The van der Waals surface area contributed by atoms with Gasteiger partial charge in [-0.2, -0.15) is 0 Å². The second kappa shape index (κ2) is 6.39. The lowest BCUT2D eigenvalue weighted by Gasteiger charge is -2.31. The largest absolute Gasteiger partial charge is 0.378 e. The molecule has 17 heavy (non-hydrogen) atoms. The van der Waals surface area contributed by atoms with Gasteiger partial charge in [-0.3, -0.25) is 4.79 Å². The van der Waals surface area contributed by atoms with Crippen molar-refractivity contribution < 1.29 is 9.53 Å². The van der Waals surface area contributed by atoms with E-state index in [-0.39, 0.29) is 0 Å². The van der Waals surface area contributed by atoms with Gasteiger partial charge in [-0.1, -0.05) is 19.3 Å². The zero-order chi connectivity index (χ0) is 12.1. The molecule has 0 aromatic rings. The second-order valence-corrected chi connectivity index (χ2v) is 5.47. The summed E-state index contributed by atoms with van der Waals surface area (Å²) in [5.74, 6) is 0.312. The van der Waals surface area contributed by atoms with Gasteiger partial charge in [0.1, 0.15) is 0 Å². The zero-order valence-corrected chi connectivity index (χ0v) is 11.0. The van der Waals surface area contributed by atoms with Crippen molar-refractivity contribution >= 4 is 5.91 Å². The zero-order valence-electron chi connectivity index (χ0n) is 11.0. The van der Waals surface area contributed by atoms with Gasteiger partial charge in [-0.05, 0) is 32.1 Å². The minimum Gasteiger partial charge on any atom is -0.378 e. The van der Waals surface area contributed by atoms with E-state index in [4.69, 9.17) is 4.74 Å². The van der Waals surface area contributed by atoms with Gasteiger partial charge < -0.3 is 9.64 Å². The summed E-state index contributed by atoms with van der Waals surface area (Å²) in [6, 6.07) is 0.501. The van der Waals surface area contributed by atoms with Crippen molar-refractivity contribution in [2.24, 2.45) is 0 Å². The van der Waals surface area contributed by atoms with Gasteiger partial charge in [0.25, 0.3) is 0 Å². The van der Waals surface area contributed by atoms with Crippen LogP contribution in [0.4, 0.5) is 0 Å². The van der Waals surface area contributed by atoms with Crippen LogP contribution in [0.3, 0.4) is 0 Å². The Morgan fingerprint density at radius 2 is 1.94 bits per heavy atom. The van der Waals surface area contributed by atoms with Gasteiger partial charge in [-0.25, -0.2) is 0 Å². The molecule has 1 amide bonds. The van der Waals surface area contributed by atoms with Crippen molar-refractivity contribution in [2.75, 3.05) is 13.7 Å². The lowest BCUT2D eigenvalue weighted by Crippen LogP contribution is -2.38. The molecular weight excluding hydrogens is 214 g/mol. The summed E-state index contributed by atoms with van der Waals surface area (Å²) < 4.78 is 5.56. The SMILES string of the molecule is CN(C(=O)CC[C@H]1CCCO1)C1CCCCC1. The lowest BCUT2D eigenvalue weighted by molar-refractivity contribution is -0.133. The van der Waals surface area contributed by atoms with Crippen LogP contribution in [0, 0.1) is 0 Å². The van der Waals surface area contributed by atoms with Gasteiger partial charge in [0.15, 0.2) is 0 Å². The number of carbonyl (C=O) groups excluding carboxylic acids is 1. The number of ether oxygens (including phenoxy) is 1. The fraction of sp³-hybridized carbons (Fsp3) is 0.929. The minimum atomic E-state index is 0.312. The molecule has 0 unspecified atom stereocenters. The van der Waals surface area contributed by atoms with Crippen molar-refractivity contribution in [2.45, 2.75) is 69.9 Å². The van der Waals surface area contributed by atoms with Crippen molar-refractivity contribution in [3.8, 4) is 0 Å². The highest BCUT2D eigenvalue weighted by Gasteiger charge is 2.23. The first-order chi connectivity index (χ1) is 8.27. The molecule has 2 aliphatic rings. The summed E-state index contributed by atoms with van der Waals surface area (Å²) >= 11 is 0. The van der Waals surface area contributed by atoms with Crippen LogP contribution in [0.25, 0.3) is 0 Å². The van der Waals surface area contributed by atoms with E-state index in [1.807, 2.05) is 11.9 Å². The third-order valence-corrected chi connectivity index (χ3v) is 4.22. The Morgan fingerprint density at radius 3 is 2.59 bits per heavy atom. The maximum absolute atomic E-state index is 12.1. The molecule has 1 saturated heterocycles. The van der Waals surface area contributed by atoms with E-state index >= 15 is 0 Å². The molecule has 1 heterocycles. The smallest absolute Gasteiger partial charge is 0.222 e. The molecule has 0 radical (unpaired) electrons. The van der Waals surface area contributed by atoms with Crippen molar-refractivity contribution in [1.29, 1.82) is 0 Å². The molecule has 3 nitrogen and oxygen atoms in total. The van der Waals surface area contributed by atoms with Crippen LogP contribution in [-0.2, 0) is 9.53 Å². The summed E-state index contributed by atoms with van der Waals surface area (Å²) in [7, 11) is 1.98. The highest BCUT2D eigenvalue weighted by atomic mass is 16.5. The van der Waals surface area contributed by atoms with Crippen LogP contribution in [0.2, 0.25) is 0 Å². The molecule has 3 heteroatoms. The standard InChI is InChI=1S/C14H25NO2/c1-15(12-6-3-2-4-7-12)14(16)10-9-13-8-5-11-17-13/h12-13H,2-11H2,1H3/t13-/m1/s1. The molecule has 1 saturated carbocycles. The number of rotatable bonds is 4. The Balaban J connectivity index is 1.70. The molecule has 0 bridgehead atoms. The number of hydrogen-bond donors (Lipinski definition) is 0. The maximum atomic E-state index is 12.1. The van der Waals surface area contributed by atoms with Crippen LogP contribution in [0.5, 0.6) is 0 Å². The summed E-state index contributed by atoms with van der Waals surface area (Å²) in [5, 5.41) is 0. The van der Waals surface area contributed by atoms with Crippen LogP contribution in [0.1, 0.15) is 57.8 Å². The predicted octanol–water partition coefficient (Wildman–Crippen LogP) is 2.74. The Hall–Kier alpha value is -0.570. The van der Waals surface area contributed by atoms with Crippen LogP contribution >= 0.6 is 0 Å². The average molecular weight is 239 g/mol. The number of hydrogen-bond acceptors (Lipinski definition) is 2. The van der Waals surface area contributed by atoms with Gasteiger partial charge >= 0.3 is 0 Å². The quantitative estimate of drug-likeness (QED) is 0.755. The first kappa shape index (κ1) is 12.9. The molecule has 1 aliphatic heterocycles. The molecule has 0 spiro atoms. The predicted molar refractivity (Wildman–Crippen MR) is 67.9 cm³/mol. The molecule has 2 rings (SSSR count). The number of nitrogens with zero attached hydrogens (tertiary/aromatic N) is 1. The van der Waals surface area contributed by atoms with E-state index in [1.165, 1.54) is 32.1 Å². The third kappa shape index (κ3) is 3.70. The Kier molecular flexibility index (Phi) is 4.84. The van der Waals surface area contributed by atoms with E-state index in [0.717, 1.165) is 25.9 Å². The average Bonchev–Trinajstić information content (AvgIpc) is 2.89. The van der Waals surface area contributed by atoms with E-state index in [0.29, 0.717) is 24.5 Å². The topological polar surface area (TPSA) is 29.5 Å². The fourth-order valence-electron chi connectivity index (χ4n) is 3.00. The van der Waals surface area contributed by atoms with E-state index in [1.54, 1.807) is 0 Å². The van der Waals surface area contributed by atoms with Crippen molar-refractivity contribution in [3.63, 3.8) is 0 Å². The normalized spacial score (nSPS) is 26.1. The Labute approximate surface area is 105 Å². The van der Waals surface area contributed by atoms with E-state index < -0.39 is 0 Å². The number of amides is 1. The Morgan fingerprint density at radius 1 is 1.18 bits per heavy atom. The van der Waals surface area contributed by atoms with E-state index in [2.05, 4.69) is 0 Å². The number of carbonyl (C=O) groups is 1. The van der Waals surface area contributed by atoms with E-state index in [9.17, 15) is 4.79 Å². The van der Waals surface area contributed by atoms with Gasteiger partial charge in [0.2, 0.25) is 5.91 Å². The fourth-order valence-corrected chi connectivity index (χ4v) is 3.00. The Bertz CT molecular complexity index is 243. The minimum absolute atomic E-state index is 0.312. The maximum Gasteiger partial charge on any atom is 0.222 e. The summed E-state index contributed by atoms with van der Waals surface area (Å²) in [4.78, 5) is 14.1. The molecule has 98 valence electrons. The highest BCUT2D eigenvalue weighted by Crippen LogP contribution is 2.23. The monoisotopic (exact) mass is 239 g/mol. The molecule has 1 aliphatic carbocycles. The van der Waals surface area contributed by atoms with Crippen LogP contribution in [-0.4, -0.2) is 36.6 Å². The summed E-state index contributed by atoms with van der Waals surface area (Å²) in [6.45, 7) is 0.886. The molecule has 0 aromatic heterocycles. The van der Waals surface area contributed by atoms with Crippen LogP contribution < -0.4 is 0 Å². The van der Waals surface area contributed by atoms with Gasteiger partial charge in [0.05, 0.1) is 6.10 Å². The van der Waals surface area contributed by atoms with Gasteiger partial charge in [-0.15, -0.1) is 0 Å². The summed E-state index contributed by atoms with van der Waals surface area (Å²) in [5.41, 5.74) is 0. The molecular formula is C14H25NO2. The molecule has 1 atom stereocenters. The second-order valence-electron chi connectivity index (χ2n) is 5.47. The highest BCUT2D eigenvalue weighted by molar-refractivity contribution is 5.76.